The molecule has 0 N–H and O–H groups in total. The van der Waals surface area contributed by atoms with Gasteiger partial charge in [-0.25, -0.2) is 0 Å². The molecule has 2 fully saturated rings. The van der Waals surface area contributed by atoms with Crippen molar-refractivity contribution in [1.82, 2.24) is 0 Å². The summed E-state index contributed by atoms with van der Waals surface area (Å²) in [5.41, 5.74) is 2.83. The highest BCUT2D eigenvalue weighted by molar-refractivity contribution is 5.78. The van der Waals surface area contributed by atoms with Crippen molar-refractivity contribution in [3.8, 4) is 0 Å². The summed E-state index contributed by atoms with van der Waals surface area (Å²) in [6, 6.07) is 0. The average Bonchev–Trinajstić information content (AvgIpc) is 2.88. The van der Waals surface area contributed by atoms with E-state index in [-0.39, 0.29) is 29.2 Å². The van der Waals surface area contributed by atoms with Gasteiger partial charge in [-0.3, -0.25) is 14.3 Å². The Morgan fingerprint density at radius 2 is 1.89 bits per heavy atom. The summed E-state index contributed by atoms with van der Waals surface area (Å²) in [7, 11) is 0. The van der Waals surface area contributed by atoms with Crippen molar-refractivity contribution < 1.29 is 23.8 Å². The normalized spacial score (nSPS) is 43.1. The highest BCUT2D eigenvalue weighted by atomic mass is 16.8. The van der Waals surface area contributed by atoms with Gasteiger partial charge in [-0.1, -0.05) is 27.2 Å². The molecule has 0 aromatic carbocycles. The van der Waals surface area contributed by atoms with E-state index < -0.39 is 12.6 Å². The number of hydrogen-bond acceptors (Lipinski definition) is 5. The molecule has 0 aromatic rings. The van der Waals surface area contributed by atoms with Gasteiger partial charge in [-0.15, -0.1) is 0 Å². The van der Waals surface area contributed by atoms with E-state index in [4.69, 9.17) is 14.2 Å². The highest BCUT2D eigenvalue weighted by Gasteiger charge is 2.56. The molecule has 5 heteroatoms. The molecule has 2 aliphatic carbocycles. The van der Waals surface area contributed by atoms with Crippen molar-refractivity contribution in [2.75, 3.05) is 0 Å². The highest BCUT2D eigenvalue weighted by Crippen LogP contribution is 2.59. The van der Waals surface area contributed by atoms with Crippen LogP contribution in [0.4, 0.5) is 0 Å². The van der Waals surface area contributed by atoms with Crippen LogP contribution in [0.1, 0.15) is 73.1 Å². The van der Waals surface area contributed by atoms with Gasteiger partial charge in [0.2, 0.25) is 12.6 Å². The molecule has 4 aliphatic rings. The molecule has 1 saturated heterocycles. The summed E-state index contributed by atoms with van der Waals surface area (Å²) < 4.78 is 16.9. The fourth-order valence-electron chi connectivity index (χ4n) is 6.47. The lowest BCUT2D eigenvalue weighted by atomic mass is 9.54. The molecule has 0 amide bonds. The van der Waals surface area contributed by atoms with Crippen molar-refractivity contribution in [3.63, 3.8) is 0 Å². The Morgan fingerprint density at radius 3 is 2.56 bits per heavy atom. The molecule has 0 spiro atoms. The fourth-order valence-corrected chi connectivity index (χ4v) is 6.47. The Hall–Kier alpha value is -1.36. The van der Waals surface area contributed by atoms with E-state index >= 15 is 0 Å². The van der Waals surface area contributed by atoms with Crippen LogP contribution in [0, 0.1) is 28.6 Å². The number of hydrogen-bond donors (Lipinski definition) is 0. The maximum atomic E-state index is 12.6. The van der Waals surface area contributed by atoms with Crippen LogP contribution in [0.25, 0.3) is 0 Å². The van der Waals surface area contributed by atoms with Gasteiger partial charge in [0.1, 0.15) is 0 Å². The molecule has 6 unspecified atom stereocenters. The number of ether oxygens (including phenoxy) is 3. The standard InChI is InChI=1S/C22H32O5/c1-12-16-15(22(5)10-6-9-21(3,4)11-22)8-7-14-17(16)20(26-18(12)24)27-19(14)25-13(2)23/h12,14-15,19-20H,6-11H2,1-5H3. The Bertz CT molecular complexity index is 693. The van der Waals surface area contributed by atoms with Gasteiger partial charge in [0.15, 0.2) is 0 Å². The molecule has 4 rings (SSSR count). The summed E-state index contributed by atoms with van der Waals surface area (Å²) in [6.45, 7) is 10.5. The van der Waals surface area contributed by atoms with Crippen LogP contribution in [0.15, 0.2) is 11.1 Å². The summed E-state index contributed by atoms with van der Waals surface area (Å²) in [4.78, 5) is 24.1. The molecule has 27 heavy (non-hydrogen) atoms. The van der Waals surface area contributed by atoms with Crippen LogP contribution in [0.5, 0.6) is 0 Å². The molecule has 0 bridgehead atoms. The first-order valence-electron chi connectivity index (χ1n) is 10.4. The second kappa shape index (κ2) is 6.33. The van der Waals surface area contributed by atoms with Gasteiger partial charge in [0, 0.05) is 18.4 Å². The van der Waals surface area contributed by atoms with Gasteiger partial charge in [0.05, 0.1) is 5.92 Å². The SMILES string of the molecule is CC(=O)OC1OC2OC(=O)C(C)C3=C2C1CCC3C1(C)CCCC(C)(C)C1. The molecule has 2 heterocycles. The Labute approximate surface area is 161 Å². The third kappa shape index (κ3) is 3.12. The first-order chi connectivity index (χ1) is 12.6. The predicted molar refractivity (Wildman–Crippen MR) is 99.3 cm³/mol. The largest absolute Gasteiger partial charge is 0.435 e. The van der Waals surface area contributed by atoms with E-state index in [2.05, 4.69) is 20.8 Å². The lowest BCUT2D eigenvalue weighted by Crippen LogP contribution is -2.45. The smallest absolute Gasteiger partial charge is 0.315 e. The second-order valence-electron chi connectivity index (χ2n) is 10.1. The Balaban J connectivity index is 1.74. The zero-order chi connectivity index (χ0) is 19.6. The minimum Gasteiger partial charge on any atom is -0.435 e. The number of esters is 2. The third-order valence-corrected chi connectivity index (χ3v) is 7.37. The molecule has 6 atom stereocenters. The number of carbonyl (C=O) groups is 2. The van der Waals surface area contributed by atoms with E-state index in [1.165, 1.54) is 38.2 Å². The van der Waals surface area contributed by atoms with Crippen molar-refractivity contribution in [2.24, 2.45) is 28.6 Å². The van der Waals surface area contributed by atoms with Crippen molar-refractivity contribution >= 4 is 11.9 Å². The molecular formula is C22H32O5. The third-order valence-electron chi connectivity index (χ3n) is 7.37. The van der Waals surface area contributed by atoms with E-state index in [0.717, 1.165) is 18.4 Å². The van der Waals surface area contributed by atoms with E-state index in [1.54, 1.807) is 0 Å². The summed E-state index contributed by atoms with van der Waals surface area (Å²) in [5.74, 6) is -0.435. The summed E-state index contributed by atoms with van der Waals surface area (Å²) in [6.07, 6.45) is 5.49. The van der Waals surface area contributed by atoms with E-state index in [0.29, 0.717) is 11.3 Å². The fraction of sp³-hybridized carbons (Fsp3) is 0.818. The van der Waals surface area contributed by atoms with Crippen LogP contribution in [0.2, 0.25) is 0 Å². The van der Waals surface area contributed by atoms with Gasteiger partial charge < -0.3 is 9.47 Å². The van der Waals surface area contributed by atoms with Crippen LogP contribution in [-0.2, 0) is 23.8 Å². The predicted octanol–water partition coefficient (Wildman–Crippen LogP) is 4.35. The summed E-state index contributed by atoms with van der Waals surface area (Å²) in [5, 5.41) is 0. The van der Waals surface area contributed by atoms with Crippen LogP contribution >= 0.6 is 0 Å². The van der Waals surface area contributed by atoms with Crippen LogP contribution in [0.3, 0.4) is 0 Å². The monoisotopic (exact) mass is 376 g/mol. The lowest BCUT2D eigenvalue weighted by Gasteiger charge is -2.51. The summed E-state index contributed by atoms with van der Waals surface area (Å²) >= 11 is 0. The van der Waals surface area contributed by atoms with Crippen molar-refractivity contribution in [2.45, 2.75) is 85.7 Å². The van der Waals surface area contributed by atoms with Crippen molar-refractivity contribution in [1.29, 1.82) is 0 Å². The average molecular weight is 376 g/mol. The number of rotatable bonds is 2. The van der Waals surface area contributed by atoms with Crippen LogP contribution in [-0.4, -0.2) is 24.5 Å². The topological polar surface area (TPSA) is 61.8 Å². The first-order valence-corrected chi connectivity index (χ1v) is 10.4. The van der Waals surface area contributed by atoms with Gasteiger partial charge >= 0.3 is 11.9 Å². The lowest BCUT2D eigenvalue weighted by molar-refractivity contribution is -0.212. The minimum atomic E-state index is -0.680. The second-order valence-corrected chi connectivity index (χ2v) is 10.1. The van der Waals surface area contributed by atoms with Gasteiger partial charge in [-0.05, 0) is 61.3 Å². The molecule has 0 radical (unpaired) electrons. The maximum Gasteiger partial charge on any atom is 0.315 e. The zero-order valence-corrected chi connectivity index (χ0v) is 17.2. The Kier molecular flexibility index (Phi) is 4.45. The maximum absolute atomic E-state index is 12.6. The minimum absolute atomic E-state index is 0.0147. The van der Waals surface area contributed by atoms with Crippen molar-refractivity contribution in [3.05, 3.63) is 11.1 Å². The molecule has 1 saturated carbocycles. The quantitative estimate of drug-likeness (QED) is 0.529. The molecule has 5 nitrogen and oxygen atoms in total. The van der Waals surface area contributed by atoms with E-state index in [1.807, 2.05) is 6.92 Å². The van der Waals surface area contributed by atoms with Gasteiger partial charge in [-0.2, -0.15) is 0 Å². The molecule has 2 aliphatic heterocycles. The molecular weight excluding hydrogens is 344 g/mol. The Morgan fingerprint density at radius 1 is 1.15 bits per heavy atom. The van der Waals surface area contributed by atoms with E-state index in [9.17, 15) is 9.59 Å². The zero-order valence-electron chi connectivity index (χ0n) is 17.2. The van der Waals surface area contributed by atoms with Crippen LogP contribution < -0.4 is 0 Å². The number of carbonyl (C=O) groups excluding carboxylic acids is 2. The molecule has 150 valence electrons. The molecule has 0 aromatic heterocycles. The van der Waals surface area contributed by atoms with Gasteiger partial charge in [0.25, 0.3) is 0 Å². The first kappa shape index (κ1) is 19.0.